The van der Waals surface area contributed by atoms with Crippen LogP contribution in [0.25, 0.3) is 0 Å². The summed E-state index contributed by atoms with van der Waals surface area (Å²) in [6.45, 7) is 2.15. The number of rotatable bonds is 4. The molecule has 0 fully saturated rings. The van der Waals surface area contributed by atoms with Crippen LogP contribution >= 0.6 is 15.9 Å². The maximum absolute atomic E-state index is 13.7. The zero-order chi connectivity index (χ0) is 14.7. The van der Waals surface area contributed by atoms with Crippen LogP contribution in [0.1, 0.15) is 6.92 Å². The van der Waals surface area contributed by atoms with Gasteiger partial charge < -0.3 is 15.8 Å². The highest BCUT2D eigenvalue weighted by atomic mass is 79.9. The van der Waals surface area contributed by atoms with E-state index in [1.807, 2.05) is 0 Å². The number of benzene rings is 1. The average molecular weight is 345 g/mol. The molecule has 0 aliphatic rings. The highest BCUT2D eigenvalue weighted by Gasteiger charge is 2.13. The number of nitrogens with two attached hydrogens (primary N) is 1. The molecule has 106 valence electrons. The van der Waals surface area contributed by atoms with Crippen molar-refractivity contribution in [1.29, 1.82) is 0 Å². The van der Waals surface area contributed by atoms with Gasteiger partial charge in [0, 0.05) is 6.07 Å². The van der Waals surface area contributed by atoms with Gasteiger partial charge in [0.1, 0.15) is 23.6 Å². The quantitative estimate of drug-likeness (QED) is 0.833. The van der Waals surface area contributed by atoms with Gasteiger partial charge >= 0.3 is 0 Å². The van der Waals surface area contributed by atoms with Crippen molar-refractivity contribution in [2.24, 2.45) is 0 Å². The molecular formula is C12H11BrF2N4O. The van der Waals surface area contributed by atoms with E-state index in [2.05, 4.69) is 31.2 Å². The standard InChI is InChI=1S/C12H11BrF2N4O/c1-2-20-12-10(16)11(17-5-18-12)19-9-4-7(14)6(13)3-8(9)15/h3-5H,2,16H2,1H3,(H,17,18,19). The maximum Gasteiger partial charge on any atom is 0.242 e. The SMILES string of the molecule is CCOc1ncnc(Nc2cc(F)c(Br)cc2F)c1N. The second-order valence-electron chi connectivity index (χ2n) is 3.75. The molecular weight excluding hydrogens is 334 g/mol. The lowest BCUT2D eigenvalue weighted by atomic mass is 10.3. The van der Waals surface area contributed by atoms with Gasteiger partial charge in [0.25, 0.3) is 0 Å². The van der Waals surface area contributed by atoms with Crippen molar-refractivity contribution >= 4 is 33.1 Å². The lowest BCUT2D eigenvalue weighted by molar-refractivity contribution is 0.328. The highest BCUT2D eigenvalue weighted by molar-refractivity contribution is 9.10. The summed E-state index contributed by atoms with van der Waals surface area (Å²) in [5.74, 6) is -0.923. The van der Waals surface area contributed by atoms with Gasteiger partial charge in [0.05, 0.1) is 16.8 Å². The van der Waals surface area contributed by atoms with Crippen LogP contribution < -0.4 is 15.8 Å². The topological polar surface area (TPSA) is 73.1 Å². The molecule has 0 radical (unpaired) electrons. The molecule has 0 aliphatic heterocycles. The minimum absolute atomic E-state index is 0.0335. The summed E-state index contributed by atoms with van der Waals surface area (Å²) < 4.78 is 32.4. The van der Waals surface area contributed by atoms with Crippen LogP contribution in [-0.4, -0.2) is 16.6 Å². The van der Waals surface area contributed by atoms with Gasteiger partial charge in [-0.2, -0.15) is 4.98 Å². The van der Waals surface area contributed by atoms with Crippen molar-refractivity contribution in [2.45, 2.75) is 6.92 Å². The van der Waals surface area contributed by atoms with E-state index >= 15 is 0 Å². The number of hydrogen-bond donors (Lipinski definition) is 2. The predicted molar refractivity (Wildman–Crippen MR) is 75.0 cm³/mol. The van der Waals surface area contributed by atoms with Crippen molar-refractivity contribution in [3.63, 3.8) is 0 Å². The molecule has 2 rings (SSSR count). The van der Waals surface area contributed by atoms with E-state index in [1.54, 1.807) is 6.92 Å². The van der Waals surface area contributed by atoms with E-state index in [4.69, 9.17) is 10.5 Å². The molecule has 1 aromatic heterocycles. The fourth-order valence-corrected chi connectivity index (χ4v) is 1.79. The summed E-state index contributed by atoms with van der Waals surface area (Å²) in [5.41, 5.74) is 5.83. The summed E-state index contributed by atoms with van der Waals surface area (Å²) in [6.07, 6.45) is 1.22. The third-order valence-corrected chi connectivity index (χ3v) is 3.00. The normalized spacial score (nSPS) is 10.4. The number of nitrogen functional groups attached to an aromatic ring is 1. The van der Waals surface area contributed by atoms with Gasteiger partial charge in [-0.15, -0.1) is 0 Å². The molecule has 0 saturated heterocycles. The molecule has 0 atom stereocenters. The van der Waals surface area contributed by atoms with Crippen LogP contribution in [0.3, 0.4) is 0 Å². The van der Waals surface area contributed by atoms with Crippen LogP contribution in [-0.2, 0) is 0 Å². The summed E-state index contributed by atoms with van der Waals surface area (Å²) in [6, 6.07) is 2.01. The van der Waals surface area contributed by atoms with Gasteiger partial charge in [0.2, 0.25) is 5.88 Å². The minimum atomic E-state index is -0.644. The smallest absolute Gasteiger partial charge is 0.242 e. The predicted octanol–water partition coefficient (Wildman–Crippen LogP) is 3.24. The Kier molecular flexibility index (Phi) is 4.33. The maximum atomic E-state index is 13.7. The minimum Gasteiger partial charge on any atom is -0.476 e. The van der Waals surface area contributed by atoms with Crippen LogP contribution in [0.5, 0.6) is 5.88 Å². The van der Waals surface area contributed by atoms with E-state index in [1.165, 1.54) is 6.33 Å². The van der Waals surface area contributed by atoms with E-state index in [0.29, 0.717) is 6.61 Å². The molecule has 5 nitrogen and oxygen atoms in total. The van der Waals surface area contributed by atoms with E-state index < -0.39 is 11.6 Å². The first-order valence-corrected chi connectivity index (χ1v) is 6.47. The number of nitrogens with one attached hydrogen (secondary N) is 1. The Morgan fingerprint density at radius 3 is 2.75 bits per heavy atom. The third-order valence-electron chi connectivity index (χ3n) is 2.39. The Bertz CT molecular complexity index is 639. The highest BCUT2D eigenvalue weighted by Crippen LogP contribution is 2.30. The van der Waals surface area contributed by atoms with Crippen LogP contribution in [0, 0.1) is 11.6 Å². The fourth-order valence-electron chi connectivity index (χ4n) is 1.48. The lowest BCUT2D eigenvalue weighted by Gasteiger charge is -2.12. The molecule has 8 heteroatoms. The van der Waals surface area contributed by atoms with Gasteiger partial charge in [-0.25, -0.2) is 13.8 Å². The zero-order valence-corrected chi connectivity index (χ0v) is 12.0. The molecule has 0 saturated carbocycles. The van der Waals surface area contributed by atoms with E-state index in [-0.39, 0.29) is 27.5 Å². The summed E-state index contributed by atoms with van der Waals surface area (Å²) in [5, 5.41) is 2.62. The van der Waals surface area contributed by atoms with E-state index in [0.717, 1.165) is 12.1 Å². The van der Waals surface area contributed by atoms with Crippen LogP contribution in [0.4, 0.5) is 26.0 Å². The van der Waals surface area contributed by atoms with Crippen molar-refractivity contribution in [3.8, 4) is 5.88 Å². The molecule has 3 N–H and O–H groups in total. The Morgan fingerprint density at radius 2 is 2.05 bits per heavy atom. The Balaban J connectivity index is 2.35. The largest absolute Gasteiger partial charge is 0.476 e. The molecule has 20 heavy (non-hydrogen) atoms. The zero-order valence-electron chi connectivity index (χ0n) is 10.5. The monoisotopic (exact) mass is 344 g/mol. The third kappa shape index (κ3) is 2.96. The first kappa shape index (κ1) is 14.4. The molecule has 0 bridgehead atoms. The Labute approximate surface area is 122 Å². The molecule has 0 amide bonds. The van der Waals surface area contributed by atoms with Gasteiger partial charge in [0.15, 0.2) is 5.82 Å². The summed E-state index contributed by atoms with van der Waals surface area (Å²) >= 11 is 2.90. The van der Waals surface area contributed by atoms with Crippen molar-refractivity contribution in [3.05, 3.63) is 34.6 Å². The second-order valence-corrected chi connectivity index (χ2v) is 4.60. The molecule has 1 heterocycles. The molecule has 0 unspecified atom stereocenters. The number of nitrogens with zero attached hydrogens (tertiary/aromatic N) is 2. The molecule has 1 aromatic carbocycles. The van der Waals surface area contributed by atoms with Gasteiger partial charge in [-0.05, 0) is 28.9 Å². The Hall–Kier alpha value is -1.96. The van der Waals surface area contributed by atoms with Crippen molar-refractivity contribution in [2.75, 3.05) is 17.7 Å². The van der Waals surface area contributed by atoms with E-state index in [9.17, 15) is 8.78 Å². The first-order valence-electron chi connectivity index (χ1n) is 5.67. The molecule has 0 aliphatic carbocycles. The number of ether oxygens (including phenoxy) is 1. The lowest BCUT2D eigenvalue weighted by Crippen LogP contribution is -2.06. The van der Waals surface area contributed by atoms with Gasteiger partial charge in [-0.1, -0.05) is 0 Å². The number of anilines is 3. The van der Waals surface area contributed by atoms with Gasteiger partial charge in [-0.3, -0.25) is 0 Å². The number of aromatic nitrogens is 2. The molecule has 0 spiro atoms. The van der Waals surface area contributed by atoms with Crippen molar-refractivity contribution in [1.82, 2.24) is 9.97 Å². The number of halogens is 3. The first-order chi connectivity index (χ1) is 9.52. The average Bonchev–Trinajstić information content (AvgIpc) is 2.40. The fraction of sp³-hybridized carbons (Fsp3) is 0.167. The second kappa shape index (κ2) is 6.00. The Morgan fingerprint density at radius 1 is 1.30 bits per heavy atom. The number of hydrogen-bond acceptors (Lipinski definition) is 5. The molecule has 2 aromatic rings. The van der Waals surface area contributed by atoms with Crippen molar-refractivity contribution < 1.29 is 13.5 Å². The summed E-state index contributed by atoms with van der Waals surface area (Å²) in [4.78, 5) is 7.73. The summed E-state index contributed by atoms with van der Waals surface area (Å²) in [7, 11) is 0. The van der Waals surface area contributed by atoms with Crippen LogP contribution in [0.15, 0.2) is 22.9 Å². The van der Waals surface area contributed by atoms with Crippen LogP contribution in [0.2, 0.25) is 0 Å².